The zero-order valence-electron chi connectivity index (χ0n) is 15.0. The molecule has 3 heterocycles. The quantitative estimate of drug-likeness (QED) is 0.647. The zero-order valence-corrected chi connectivity index (χ0v) is 15.8. The predicted molar refractivity (Wildman–Crippen MR) is 105 cm³/mol. The molecule has 0 atom stereocenters. The molecule has 1 aliphatic rings. The minimum atomic E-state index is 0.670. The molecule has 7 heteroatoms. The van der Waals surface area contributed by atoms with Crippen LogP contribution in [0.4, 0.5) is 5.82 Å². The minimum Gasteiger partial charge on any atom is -0.497 e. The molecule has 6 nitrogen and oxygen atoms in total. The number of ether oxygens (including phenoxy) is 1. The van der Waals surface area contributed by atoms with Crippen molar-refractivity contribution in [1.82, 2.24) is 14.7 Å². The van der Waals surface area contributed by atoms with Gasteiger partial charge in [0, 0.05) is 26.2 Å². The Morgan fingerprint density at radius 3 is 2.58 bits per heavy atom. The zero-order chi connectivity index (χ0) is 18.1. The summed E-state index contributed by atoms with van der Waals surface area (Å²) >= 11 is 1.53. The molecule has 2 aromatic heterocycles. The Morgan fingerprint density at radius 2 is 1.92 bits per heavy atom. The summed E-state index contributed by atoms with van der Waals surface area (Å²) in [7, 11) is 3.81. The maximum atomic E-state index is 11.3. The molecule has 0 amide bonds. The highest BCUT2D eigenvalue weighted by molar-refractivity contribution is 7.21. The second-order valence-electron chi connectivity index (χ2n) is 6.60. The average molecular weight is 370 g/mol. The van der Waals surface area contributed by atoms with Crippen molar-refractivity contribution < 1.29 is 9.53 Å². The van der Waals surface area contributed by atoms with E-state index >= 15 is 0 Å². The molecule has 0 aliphatic carbocycles. The van der Waals surface area contributed by atoms with Gasteiger partial charge in [-0.1, -0.05) is 12.1 Å². The number of anilines is 1. The normalized spacial score (nSPS) is 15.5. The largest absolute Gasteiger partial charge is 0.497 e. The third-order valence-electron chi connectivity index (χ3n) is 4.84. The van der Waals surface area contributed by atoms with Crippen LogP contribution in [0.15, 0.2) is 30.3 Å². The van der Waals surface area contributed by atoms with Gasteiger partial charge in [0.05, 0.1) is 28.7 Å². The van der Waals surface area contributed by atoms with E-state index < -0.39 is 0 Å². The first-order valence-electron chi connectivity index (χ1n) is 8.70. The molecule has 4 rings (SSSR count). The second-order valence-corrected chi connectivity index (χ2v) is 7.68. The van der Waals surface area contributed by atoms with Crippen LogP contribution in [0.2, 0.25) is 0 Å². The van der Waals surface area contributed by atoms with Crippen molar-refractivity contribution in [3.63, 3.8) is 0 Å². The van der Waals surface area contributed by atoms with Crippen molar-refractivity contribution in [2.45, 2.75) is 6.54 Å². The molecule has 0 radical (unpaired) electrons. The Kier molecular flexibility index (Phi) is 4.65. The molecule has 0 bridgehead atoms. The smallest absolute Gasteiger partial charge is 0.168 e. The number of fused-ring (bicyclic) bond motifs is 1. The molecule has 136 valence electrons. The minimum absolute atomic E-state index is 0.670. The maximum Gasteiger partial charge on any atom is 0.168 e. The number of methoxy groups -OCH3 is 1. The lowest BCUT2D eigenvalue weighted by Gasteiger charge is -2.32. The first-order valence-corrected chi connectivity index (χ1v) is 9.51. The van der Waals surface area contributed by atoms with Gasteiger partial charge >= 0.3 is 0 Å². The number of hydrogen-bond acceptors (Lipinski definition) is 6. The van der Waals surface area contributed by atoms with E-state index in [2.05, 4.69) is 29.0 Å². The number of rotatable bonds is 5. The summed E-state index contributed by atoms with van der Waals surface area (Å²) in [5, 5.41) is 4.90. The molecular formula is C19H22N4O2S. The van der Waals surface area contributed by atoms with Crippen molar-refractivity contribution >= 4 is 33.7 Å². The number of likely N-dealkylation sites (N-methyl/N-ethyl adjacent to an activating group) is 1. The number of piperazine rings is 1. The van der Waals surface area contributed by atoms with Crippen LogP contribution in [0.3, 0.4) is 0 Å². The van der Waals surface area contributed by atoms with E-state index in [9.17, 15) is 4.79 Å². The highest BCUT2D eigenvalue weighted by Crippen LogP contribution is 2.34. The fourth-order valence-electron chi connectivity index (χ4n) is 3.27. The van der Waals surface area contributed by atoms with Gasteiger partial charge in [0.25, 0.3) is 0 Å². The van der Waals surface area contributed by atoms with Crippen LogP contribution in [0.5, 0.6) is 5.75 Å². The monoisotopic (exact) mass is 370 g/mol. The van der Waals surface area contributed by atoms with Crippen molar-refractivity contribution in [2.24, 2.45) is 0 Å². The maximum absolute atomic E-state index is 11.3. The highest BCUT2D eigenvalue weighted by atomic mass is 32.1. The van der Waals surface area contributed by atoms with Crippen LogP contribution in [-0.4, -0.2) is 61.3 Å². The van der Waals surface area contributed by atoms with Gasteiger partial charge in [0.2, 0.25) is 0 Å². The number of benzene rings is 1. The van der Waals surface area contributed by atoms with Crippen LogP contribution in [-0.2, 0) is 6.54 Å². The van der Waals surface area contributed by atoms with Crippen LogP contribution in [0.1, 0.15) is 15.2 Å². The summed E-state index contributed by atoms with van der Waals surface area (Å²) in [5.74, 6) is 1.84. The van der Waals surface area contributed by atoms with Crippen molar-refractivity contribution in [3.05, 3.63) is 40.8 Å². The van der Waals surface area contributed by atoms with Gasteiger partial charge in [-0.25, -0.2) is 0 Å². The van der Waals surface area contributed by atoms with E-state index in [1.807, 2.05) is 22.9 Å². The molecule has 0 spiro atoms. The summed E-state index contributed by atoms with van der Waals surface area (Å²) in [6.07, 6.45) is 0.927. The van der Waals surface area contributed by atoms with Crippen LogP contribution in [0.25, 0.3) is 10.2 Å². The van der Waals surface area contributed by atoms with Gasteiger partial charge in [0.15, 0.2) is 12.1 Å². The van der Waals surface area contributed by atoms with E-state index in [-0.39, 0.29) is 0 Å². The molecule has 26 heavy (non-hydrogen) atoms. The van der Waals surface area contributed by atoms with Crippen LogP contribution < -0.4 is 9.64 Å². The molecule has 0 saturated carbocycles. The summed E-state index contributed by atoms with van der Waals surface area (Å²) in [4.78, 5) is 16.7. The summed E-state index contributed by atoms with van der Waals surface area (Å²) < 4.78 is 8.34. The van der Waals surface area contributed by atoms with E-state index in [1.165, 1.54) is 11.3 Å². The summed E-state index contributed by atoms with van der Waals surface area (Å²) in [5.41, 5.74) is 2.18. The first kappa shape index (κ1) is 17.1. The van der Waals surface area contributed by atoms with Crippen molar-refractivity contribution in [3.8, 4) is 5.75 Å². The third-order valence-corrected chi connectivity index (χ3v) is 5.88. The van der Waals surface area contributed by atoms with Gasteiger partial charge in [-0.2, -0.15) is 5.10 Å². The van der Waals surface area contributed by atoms with E-state index in [0.29, 0.717) is 6.54 Å². The highest BCUT2D eigenvalue weighted by Gasteiger charge is 2.22. The molecular weight excluding hydrogens is 348 g/mol. The lowest BCUT2D eigenvalue weighted by molar-refractivity contribution is 0.112. The number of carbonyl (C=O) groups excluding carboxylic acids is 1. The number of thiophene rings is 1. The second kappa shape index (κ2) is 7.09. The summed E-state index contributed by atoms with van der Waals surface area (Å²) in [6, 6.07) is 9.97. The topological polar surface area (TPSA) is 50.6 Å². The summed E-state index contributed by atoms with van der Waals surface area (Å²) in [6.45, 7) is 4.64. The molecule has 1 aliphatic heterocycles. The lowest BCUT2D eigenvalue weighted by atomic mass is 10.2. The fourth-order valence-corrected chi connectivity index (χ4v) is 4.26. The van der Waals surface area contributed by atoms with Crippen molar-refractivity contribution in [1.29, 1.82) is 0 Å². The van der Waals surface area contributed by atoms with Crippen LogP contribution in [0, 0.1) is 0 Å². The van der Waals surface area contributed by atoms with E-state index in [4.69, 9.17) is 9.84 Å². The number of aromatic nitrogens is 2. The predicted octanol–water partition coefficient (Wildman–Crippen LogP) is 2.72. The third kappa shape index (κ3) is 3.20. The van der Waals surface area contributed by atoms with Gasteiger partial charge in [-0.15, -0.1) is 11.3 Å². The molecule has 0 unspecified atom stereocenters. The first-order chi connectivity index (χ1) is 12.7. The van der Waals surface area contributed by atoms with Gasteiger partial charge in [-0.05, 0) is 30.8 Å². The Hall–Kier alpha value is -2.38. The van der Waals surface area contributed by atoms with Crippen LogP contribution >= 0.6 is 11.3 Å². The lowest BCUT2D eigenvalue weighted by Crippen LogP contribution is -2.44. The molecule has 1 aromatic carbocycles. The number of nitrogens with zero attached hydrogens (tertiary/aromatic N) is 4. The van der Waals surface area contributed by atoms with E-state index in [1.54, 1.807) is 7.11 Å². The van der Waals surface area contributed by atoms with Crippen molar-refractivity contribution in [2.75, 3.05) is 45.2 Å². The Balaban J connectivity index is 1.69. The van der Waals surface area contributed by atoms with Gasteiger partial charge in [0.1, 0.15) is 5.75 Å². The Bertz CT molecular complexity index is 908. The number of hydrogen-bond donors (Lipinski definition) is 0. The Labute approximate surface area is 156 Å². The number of aldehydes is 1. The SMILES string of the molecule is COc1ccc(Cn2nc(N3CCN(C)CC3)c3sc(C=O)cc32)cc1. The number of carbonyl (C=O) groups is 1. The molecule has 3 aromatic rings. The van der Waals surface area contributed by atoms with E-state index in [0.717, 1.165) is 64.7 Å². The average Bonchev–Trinajstić information content (AvgIpc) is 3.23. The standard InChI is InChI=1S/C19H22N4O2S/c1-21-7-9-22(10-8-21)19-18-17(11-16(13-24)26-18)23(20-19)12-14-3-5-15(25-2)6-4-14/h3-6,11,13H,7-10,12H2,1-2H3. The van der Waals surface area contributed by atoms with Gasteiger partial charge in [-0.3, -0.25) is 9.48 Å². The molecule has 1 saturated heterocycles. The molecule has 1 fully saturated rings. The molecule has 0 N–H and O–H groups in total. The Morgan fingerprint density at radius 1 is 1.19 bits per heavy atom. The van der Waals surface area contributed by atoms with Gasteiger partial charge < -0.3 is 14.5 Å². The fraction of sp³-hybridized carbons (Fsp3) is 0.368.